The molecule has 0 atom stereocenters. The molecule has 0 N–H and O–H groups in total. The van der Waals surface area contributed by atoms with E-state index in [2.05, 4.69) is 0 Å². The molecule has 0 saturated carbocycles. The smallest absolute Gasteiger partial charge is 0.500 e. The van der Waals surface area contributed by atoms with Crippen LogP contribution in [-0.4, -0.2) is 48.9 Å². The second-order valence-corrected chi connectivity index (χ2v) is 9.47. The second-order valence-electron chi connectivity index (χ2n) is 4.85. The van der Waals surface area contributed by atoms with Crippen LogP contribution in [0, 0.1) is 0 Å². The molecule has 0 aliphatic heterocycles. The highest BCUT2D eigenvalue weighted by Crippen LogP contribution is 2.16. The molecular weight excluding hydrogens is 326 g/mol. The summed E-state index contributed by atoms with van der Waals surface area (Å²) in [4.78, 5) is 0. The number of hydrogen-bond donors (Lipinski definition) is 0. The van der Waals surface area contributed by atoms with Crippen molar-refractivity contribution < 1.29 is 30.8 Å². The first-order valence-electron chi connectivity index (χ1n) is 6.91. The molecule has 0 bridgehead atoms. The molecule has 0 spiro atoms. The van der Waals surface area contributed by atoms with Crippen molar-refractivity contribution in [3.05, 3.63) is 30.1 Å². The molecule has 0 aliphatic rings. The minimum absolute atomic E-state index is 0.308. The van der Waals surface area contributed by atoms with Gasteiger partial charge in [0.15, 0.2) is 12.4 Å². The Bertz CT molecular complexity index is 536. The Morgan fingerprint density at radius 2 is 1.68 bits per heavy atom. The van der Waals surface area contributed by atoms with Crippen LogP contribution in [0.1, 0.15) is 12.0 Å². The van der Waals surface area contributed by atoms with Crippen LogP contribution in [0.3, 0.4) is 0 Å². The third-order valence-corrected chi connectivity index (χ3v) is 6.94. The molecule has 0 radical (unpaired) electrons. The van der Waals surface area contributed by atoms with Crippen LogP contribution in [0.5, 0.6) is 0 Å². The SMILES string of the molecule is CO[Si](CCc1cc[n+](CCCS(=O)(=O)[O-])cc1)(OC)OC. The number of nitrogens with zero attached hydrogens (tertiary/aromatic N) is 1. The highest BCUT2D eigenvalue weighted by molar-refractivity contribution is 7.85. The molecule has 0 aliphatic carbocycles. The Morgan fingerprint density at radius 3 is 2.14 bits per heavy atom. The first-order chi connectivity index (χ1) is 10.3. The van der Waals surface area contributed by atoms with Crippen molar-refractivity contribution in [2.24, 2.45) is 0 Å². The topological polar surface area (TPSA) is 88.8 Å². The van der Waals surface area contributed by atoms with Gasteiger partial charge in [-0.15, -0.1) is 0 Å². The van der Waals surface area contributed by atoms with E-state index in [1.54, 1.807) is 21.3 Å². The van der Waals surface area contributed by atoms with Crippen LogP contribution in [0.25, 0.3) is 0 Å². The summed E-state index contributed by atoms with van der Waals surface area (Å²) in [6, 6.07) is 4.58. The lowest BCUT2D eigenvalue weighted by Crippen LogP contribution is -2.43. The highest BCUT2D eigenvalue weighted by atomic mass is 32.2. The largest absolute Gasteiger partial charge is 0.748 e. The first-order valence-corrected chi connectivity index (χ1v) is 10.4. The van der Waals surface area contributed by atoms with E-state index >= 15 is 0 Å². The Labute approximate surface area is 133 Å². The molecule has 1 aromatic rings. The molecule has 0 unspecified atom stereocenters. The van der Waals surface area contributed by atoms with Gasteiger partial charge in [-0.05, 0) is 12.0 Å². The molecule has 9 heteroatoms. The number of aromatic nitrogens is 1. The summed E-state index contributed by atoms with van der Waals surface area (Å²) in [5.41, 5.74) is 1.11. The molecule has 126 valence electrons. The maximum Gasteiger partial charge on any atom is 0.500 e. The number of aryl methyl sites for hydroxylation is 2. The van der Waals surface area contributed by atoms with Gasteiger partial charge in [-0.25, -0.2) is 13.0 Å². The van der Waals surface area contributed by atoms with Gasteiger partial charge < -0.3 is 17.8 Å². The fraction of sp³-hybridized carbons (Fsp3) is 0.615. The zero-order chi connectivity index (χ0) is 16.6. The van der Waals surface area contributed by atoms with Gasteiger partial charge in [-0.2, -0.15) is 0 Å². The molecule has 0 amide bonds. The molecule has 0 fully saturated rings. The third-order valence-electron chi connectivity index (χ3n) is 3.42. The predicted molar refractivity (Wildman–Crippen MR) is 81.1 cm³/mol. The zero-order valence-corrected chi connectivity index (χ0v) is 15.0. The number of hydrogen-bond acceptors (Lipinski definition) is 6. The van der Waals surface area contributed by atoms with Gasteiger partial charge in [0.2, 0.25) is 0 Å². The molecule has 1 aromatic heterocycles. The summed E-state index contributed by atoms with van der Waals surface area (Å²) in [7, 11) is -1.94. The minimum Gasteiger partial charge on any atom is -0.748 e. The van der Waals surface area contributed by atoms with Crippen LogP contribution in [0.2, 0.25) is 6.04 Å². The average Bonchev–Trinajstić information content (AvgIpc) is 2.49. The summed E-state index contributed by atoms with van der Waals surface area (Å²) in [5.74, 6) is -0.342. The van der Waals surface area contributed by atoms with Crippen LogP contribution < -0.4 is 4.57 Å². The van der Waals surface area contributed by atoms with Crippen LogP contribution in [-0.2, 0) is 36.4 Å². The predicted octanol–water partition coefficient (Wildman–Crippen LogP) is 0.330. The molecule has 1 rings (SSSR count). The van der Waals surface area contributed by atoms with E-state index in [1.807, 2.05) is 29.1 Å². The zero-order valence-electron chi connectivity index (χ0n) is 13.1. The molecule has 22 heavy (non-hydrogen) atoms. The molecular formula is C13H23NO6SSi. The summed E-state index contributed by atoms with van der Waals surface area (Å²) in [5, 5.41) is 0. The van der Waals surface area contributed by atoms with Crippen molar-refractivity contribution in [2.45, 2.75) is 25.4 Å². The lowest BCUT2D eigenvalue weighted by molar-refractivity contribution is -0.696. The van der Waals surface area contributed by atoms with E-state index in [4.69, 9.17) is 13.3 Å². The third kappa shape index (κ3) is 6.51. The second kappa shape index (κ2) is 8.70. The fourth-order valence-corrected chi connectivity index (χ4v) is 4.27. The fourth-order valence-electron chi connectivity index (χ4n) is 2.08. The first kappa shape index (κ1) is 19.2. The monoisotopic (exact) mass is 349 g/mol. The van der Waals surface area contributed by atoms with Gasteiger partial charge in [0.1, 0.15) is 6.54 Å². The molecule has 0 saturated heterocycles. The van der Waals surface area contributed by atoms with Crippen molar-refractivity contribution >= 4 is 18.9 Å². The molecule has 1 heterocycles. The van der Waals surface area contributed by atoms with Crippen molar-refractivity contribution in [2.75, 3.05) is 27.1 Å². The van der Waals surface area contributed by atoms with Crippen molar-refractivity contribution in [3.63, 3.8) is 0 Å². The summed E-state index contributed by atoms with van der Waals surface area (Å²) < 4.78 is 49.6. The van der Waals surface area contributed by atoms with Gasteiger partial charge in [0, 0.05) is 51.7 Å². The van der Waals surface area contributed by atoms with E-state index < -0.39 is 18.9 Å². The van der Waals surface area contributed by atoms with Gasteiger partial charge in [-0.3, -0.25) is 0 Å². The van der Waals surface area contributed by atoms with Crippen molar-refractivity contribution in [1.29, 1.82) is 0 Å². The van der Waals surface area contributed by atoms with Gasteiger partial charge >= 0.3 is 8.80 Å². The normalized spacial score (nSPS) is 12.5. The Hall–Kier alpha value is -0.843. The van der Waals surface area contributed by atoms with E-state index in [0.29, 0.717) is 19.0 Å². The summed E-state index contributed by atoms with van der Waals surface area (Å²) >= 11 is 0. The Kier molecular flexibility index (Phi) is 7.60. The lowest BCUT2D eigenvalue weighted by Gasteiger charge is -2.24. The maximum atomic E-state index is 10.5. The number of pyridine rings is 1. The van der Waals surface area contributed by atoms with Crippen molar-refractivity contribution in [3.8, 4) is 0 Å². The van der Waals surface area contributed by atoms with E-state index in [9.17, 15) is 13.0 Å². The minimum atomic E-state index is -4.14. The van der Waals surface area contributed by atoms with E-state index in [1.165, 1.54) is 0 Å². The summed E-state index contributed by atoms with van der Waals surface area (Å²) in [6.07, 6.45) is 4.80. The Morgan fingerprint density at radius 1 is 1.14 bits per heavy atom. The summed E-state index contributed by atoms with van der Waals surface area (Å²) in [6.45, 7) is 0.495. The quantitative estimate of drug-likeness (QED) is 0.344. The Balaban J connectivity index is 2.51. The van der Waals surface area contributed by atoms with Crippen LogP contribution in [0.15, 0.2) is 24.5 Å². The highest BCUT2D eigenvalue weighted by Gasteiger charge is 2.37. The standard InChI is InChI=1S/C13H23NO6SSi/c1-18-22(19-2,20-3)12-7-13-5-9-14(10-6-13)8-4-11-21(15,16)17/h5-6,9-10H,4,7-8,11-12H2,1-3H3. The van der Waals surface area contributed by atoms with Crippen LogP contribution in [0.4, 0.5) is 0 Å². The van der Waals surface area contributed by atoms with E-state index in [0.717, 1.165) is 12.0 Å². The maximum absolute atomic E-state index is 10.5. The average molecular weight is 349 g/mol. The van der Waals surface area contributed by atoms with Crippen molar-refractivity contribution in [1.82, 2.24) is 0 Å². The van der Waals surface area contributed by atoms with Gasteiger partial charge in [0.05, 0.1) is 10.1 Å². The van der Waals surface area contributed by atoms with Crippen LogP contribution >= 0.6 is 0 Å². The molecule has 7 nitrogen and oxygen atoms in total. The molecule has 0 aromatic carbocycles. The lowest BCUT2D eigenvalue weighted by atomic mass is 10.2. The van der Waals surface area contributed by atoms with Gasteiger partial charge in [-0.1, -0.05) is 0 Å². The number of rotatable bonds is 10. The van der Waals surface area contributed by atoms with E-state index in [-0.39, 0.29) is 5.75 Å². The van der Waals surface area contributed by atoms with Gasteiger partial charge in [0.25, 0.3) is 0 Å².